The van der Waals surface area contributed by atoms with Crippen molar-refractivity contribution in [2.45, 2.75) is 38.1 Å². The molecule has 1 aromatic carbocycles. The van der Waals surface area contributed by atoms with Gasteiger partial charge in [0.1, 0.15) is 29.3 Å². The molecule has 10 nitrogen and oxygen atoms in total. The van der Waals surface area contributed by atoms with Gasteiger partial charge in [0.25, 0.3) is 0 Å². The van der Waals surface area contributed by atoms with E-state index in [1.807, 2.05) is 0 Å². The highest BCUT2D eigenvalue weighted by molar-refractivity contribution is 6.33. The Balaban J connectivity index is 2.09. The van der Waals surface area contributed by atoms with Crippen molar-refractivity contribution < 1.29 is 48.3 Å². The Bertz CT molecular complexity index is 1030. The number of fused-ring (bicyclic) bond motifs is 2. The maximum Gasteiger partial charge on any atom is 0.342 e. The number of carbonyl (C=O) groups excluding carboxylic acids is 2. The summed E-state index contributed by atoms with van der Waals surface area (Å²) in [4.78, 5) is 47.6. The summed E-state index contributed by atoms with van der Waals surface area (Å²) in [5, 5.41) is 17.7. The first-order valence-electron chi connectivity index (χ1n) is 9.94. The molecule has 0 radical (unpaired) electrons. The maximum absolute atomic E-state index is 13.1. The van der Waals surface area contributed by atoms with Gasteiger partial charge in [-0.2, -0.15) is 0 Å². The summed E-state index contributed by atoms with van der Waals surface area (Å²) in [6.45, 7) is 0.0890. The Morgan fingerprint density at radius 1 is 1.12 bits per heavy atom. The quantitative estimate of drug-likeness (QED) is 0.458. The van der Waals surface area contributed by atoms with Crippen molar-refractivity contribution in [1.29, 1.82) is 0 Å². The molecule has 2 heterocycles. The zero-order valence-electron chi connectivity index (χ0n) is 17.5. The van der Waals surface area contributed by atoms with Gasteiger partial charge in [0.15, 0.2) is 19.0 Å². The Kier molecular flexibility index (Phi) is 7.72. The molecule has 33 heavy (non-hydrogen) atoms. The highest BCUT2D eigenvalue weighted by Gasteiger charge is 2.38. The Morgan fingerprint density at radius 2 is 1.79 bits per heavy atom. The lowest BCUT2D eigenvalue weighted by molar-refractivity contribution is -0.140. The molecule has 0 spiro atoms. The van der Waals surface area contributed by atoms with Gasteiger partial charge in [-0.3, -0.25) is 4.79 Å². The number of allylic oxidation sites excluding steroid dienone is 3. The van der Waals surface area contributed by atoms with E-state index in [2.05, 4.69) is 0 Å². The van der Waals surface area contributed by atoms with Crippen molar-refractivity contribution in [3.05, 3.63) is 46.5 Å². The molecule has 2 N–H and O–H groups in total. The van der Waals surface area contributed by atoms with Crippen LogP contribution in [0.5, 0.6) is 11.5 Å². The molecule has 0 amide bonds. The van der Waals surface area contributed by atoms with Crippen LogP contribution in [0.4, 0.5) is 0 Å². The van der Waals surface area contributed by atoms with E-state index >= 15 is 0 Å². The SMILES string of the molecule is C[C@@H]1C[C@H]2O[C@H]2/C=C\C=C\C(=O)Cc2c(Cl)c(OCC(=O)O)cc(OCC(=O)O)c2C(=O)O1. The number of epoxide rings is 1. The Hall–Kier alpha value is -3.37. The molecular weight excluding hydrogens is 460 g/mol. The van der Waals surface area contributed by atoms with E-state index in [0.29, 0.717) is 6.42 Å². The van der Waals surface area contributed by atoms with E-state index in [1.54, 1.807) is 19.1 Å². The van der Waals surface area contributed by atoms with Gasteiger partial charge in [0, 0.05) is 24.5 Å². The van der Waals surface area contributed by atoms with Crippen molar-refractivity contribution in [3.8, 4) is 11.5 Å². The number of carboxylic acid groups (broad SMARTS) is 2. The monoisotopic (exact) mass is 480 g/mol. The van der Waals surface area contributed by atoms with Gasteiger partial charge in [-0.1, -0.05) is 29.8 Å². The van der Waals surface area contributed by atoms with Crippen LogP contribution in [0.25, 0.3) is 0 Å². The number of esters is 1. The topological polar surface area (TPSA) is 149 Å². The second-order valence-corrected chi connectivity index (χ2v) is 7.76. The molecule has 0 saturated carbocycles. The van der Waals surface area contributed by atoms with Crippen LogP contribution in [0.2, 0.25) is 5.02 Å². The third kappa shape index (κ3) is 6.56. The molecule has 1 aromatic rings. The first-order valence-corrected chi connectivity index (χ1v) is 10.3. The van der Waals surface area contributed by atoms with Gasteiger partial charge in [-0.15, -0.1) is 0 Å². The van der Waals surface area contributed by atoms with E-state index < -0.39 is 43.0 Å². The summed E-state index contributed by atoms with van der Waals surface area (Å²) in [5.74, 6) is -4.39. The first kappa shape index (κ1) is 24.3. The van der Waals surface area contributed by atoms with Crippen LogP contribution in [-0.4, -0.2) is 65.4 Å². The number of rotatable bonds is 6. The molecule has 11 heteroatoms. The van der Waals surface area contributed by atoms with Crippen LogP contribution < -0.4 is 9.47 Å². The molecule has 0 unspecified atom stereocenters. The van der Waals surface area contributed by atoms with Crippen molar-refractivity contribution in [2.75, 3.05) is 13.2 Å². The summed E-state index contributed by atoms with van der Waals surface area (Å²) < 4.78 is 21.4. The fraction of sp³-hybridized carbons (Fsp3) is 0.364. The highest BCUT2D eigenvalue weighted by Crippen LogP contribution is 2.39. The van der Waals surface area contributed by atoms with Gasteiger partial charge < -0.3 is 29.2 Å². The zero-order valence-corrected chi connectivity index (χ0v) is 18.2. The summed E-state index contributed by atoms with van der Waals surface area (Å²) in [7, 11) is 0. The van der Waals surface area contributed by atoms with Gasteiger partial charge in [-0.25, -0.2) is 14.4 Å². The number of aliphatic carboxylic acids is 2. The Labute approximate surface area is 193 Å². The lowest BCUT2D eigenvalue weighted by Crippen LogP contribution is -2.22. The summed E-state index contributed by atoms with van der Waals surface area (Å²) in [5.41, 5.74) is -0.272. The predicted molar refractivity (Wildman–Crippen MR) is 113 cm³/mol. The number of halogens is 1. The van der Waals surface area contributed by atoms with Crippen LogP contribution in [0.15, 0.2) is 30.4 Å². The van der Waals surface area contributed by atoms with E-state index in [0.717, 1.165) is 6.07 Å². The summed E-state index contributed by atoms with van der Waals surface area (Å²) in [6, 6.07) is 1.10. The Morgan fingerprint density at radius 3 is 2.45 bits per heavy atom. The minimum Gasteiger partial charge on any atom is -0.481 e. The molecule has 2 aliphatic heterocycles. The van der Waals surface area contributed by atoms with Crippen molar-refractivity contribution in [2.24, 2.45) is 0 Å². The smallest absolute Gasteiger partial charge is 0.342 e. The number of hydrogen-bond donors (Lipinski definition) is 2. The van der Waals surface area contributed by atoms with E-state index in [1.165, 1.54) is 12.2 Å². The van der Waals surface area contributed by atoms with Gasteiger partial charge >= 0.3 is 17.9 Å². The molecule has 1 fully saturated rings. The number of carboxylic acids is 2. The van der Waals surface area contributed by atoms with Crippen LogP contribution in [0.3, 0.4) is 0 Å². The van der Waals surface area contributed by atoms with E-state index in [-0.39, 0.29) is 46.3 Å². The molecule has 0 bridgehead atoms. The molecule has 0 aliphatic carbocycles. The zero-order chi connectivity index (χ0) is 24.1. The molecule has 0 aromatic heterocycles. The first-order chi connectivity index (χ1) is 15.7. The van der Waals surface area contributed by atoms with Crippen molar-refractivity contribution in [1.82, 2.24) is 0 Å². The average molecular weight is 481 g/mol. The largest absolute Gasteiger partial charge is 0.481 e. The van der Waals surface area contributed by atoms with Gasteiger partial charge in [0.05, 0.1) is 11.1 Å². The minimum atomic E-state index is -1.32. The second-order valence-electron chi connectivity index (χ2n) is 7.38. The van der Waals surface area contributed by atoms with E-state index in [4.69, 9.17) is 40.8 Å². The van der Waals surface area contributed by atoms with Crippen molar-refractivity contribution in [3.63, 3.8) is 0 Å². The molecular formula is C22H21ClO10. The van der Waals surface area contributed by atoms with Crippen LogP contribution in [0, 0.1) is 0 Å². The number of ether oxygens (including phenoxy) is 4. The third-order valence-corrected chi connectivity index (χ3v) is 5.15. The second kappa shape index (κ2) is 10.5. The van der Waals surface area contributed by atoms with Crippen LogP contribution in [-0.2, 0) is 30.3 Å². The lowest BCUT2D eigenvalue weighted by atomic mass is 9.99. The van der Waals surface area contributed by atoms with Crippen molar-refractivity contribution >= 4 is 35.3 Å². The lowest BCUT2D eigenvalue weighted by Gasteiger charge is -2.20. The molecule has 1 saturated heterocycles. The molecule has 3 atom stereocenters. The molecule has 2 aliphatic rings. The fourth-order valence-corrected chi connectivity index (χ4v) is 3.52. The van der Waals surface area contributed by atoms with Crippen LogP contribution >= 0.6 is 11.6 Å². The number of cyclic esters (lactones) is 1. The number of carbonyl (C=O) groups is 4. The highest BCUT2D eigenvalue weighted by atomic mass is 35.5. The molecule has 176 valence electrons. The minimum absolute atomic E-state index is 0.0339. The average Bonchev–Trinajstić information content (AvgIpc) is 3.46. The standard InChI is InChI=1S/C22H21ClO10/c1-11-6-15-14(33-15)5-3-2-4-12(24)7-13-20(22(29)32-11)16(30-9-18(25)26)8-17(21(13)23)31-10-19(27)28/h2-5,8,11,14-15H,6-7,9-10H2,1H3,(H,25,26)(H,27,28)/b4-2+,5-3-/t11-,14+,15-/m1/s1. The predicted octanol–water partition coefficient (Wildman–Crippen LogP) is 2.21. The summed E-state index contributed by atoms with van der Waals surface area (Å²) in [6.07, 6.45) is 5.43. The van der Waals surface area contributed by atoms with Gasteiger partial charge in [0.2, 0.25) is 0 Å². The van der Waals surface area contributed by atoms with E-state index in [9.17, 15) is 19.2 Å². The van der Waals surface area contributed by atoms with Crippen LogP contribution in [0.1, 0.15) is 29.3 Å². The molecule has 3 rings (SSSR count). The number of ketones is 1. The summed E-state index contributed by atoms with van der Waals surface area (Å²) >= 11 is 6.39. The number of hydrogen-bond acceptors (Lipinski definition) is 8. The normalized spacial score (nSPS) is 24.4. The van der Waals surface area contributed by atoms with Gasteiger partial charge in [-0.05, 0) is 13.0 Å². The third-order valence-electron chi connectivity index (χ3n) is 4.74. The fourth-order valence-electron chi connectivity index (χ4n) is 3.25. The maximum atomic E-state index is 13.1. The number of benzene rings is 1.